The molecule has 0 aliphatic rings. The third kappa shape index (κ3) is 3.53. The van der Waals surface area contributed by atoms with Gasteiger partial charge in [-0.3, -0.25) is 25.0 Å². The molecule has 0 atom stereocenters. The number of pyridine rings is 1. The van der Waals surface area contributed by atoms with E-state index in [1.54, 1.807) is 0 Å². The lowest BCUT2D eigenvalue weighted by Gasteiger charge is -2.10. The molecule has 2 aromatic rings. The smallest absolute Gasteiger partial charge is 0.387 e. The first kappa shape index (κ1) is 17.5. The Bertz CT molecular complexity index is 886. The Morgan fingerprint density at radius 1 is 1.12 bits per heavy atom. The second-order valence-electron chi connectivity index (χ2n) is 4.27. The summed E-state index contributed by atoms with van der Waals surface area (Å²) in [5, 5.41) is 21.7. The van der Waals surface area contributed by atoms with Crippen LogP contribution in [0.2, 0.25) is 0 Å². The molecule has 0 amide bonds. The van der Waals surface area contributed by atoms with E-state index in [0.717, 1.165) is 35.2 Å². The Kier molecular flexibility index (Phi) is 4.87. The van der Waals surface area contributed by atoms with Gasteiger partial charge in [0.1, 0.15) is 0 Å². The lowest BCUT2D eigenvalue weighted by atomic mass is 10.2. The van der Waals surface area contributed by atoms with E-state index < -0.39 is 39.0 Å². The van der Waals surface area contributed by atoms with Gasteiger partial charge in [-0.25, -0.2) is 0 Å². The molecule has 0 aliphatic carbocycles. The number of aromatic nitrogens is 1. The summed E-state index contributed by atoms with van der Waals surface area (Å²) in [5.74, 6) is -0.718. The van der Waals surface area contributed by atoms with Crippen LogP contribution >= 0.6 is 15.9 Å². The highest BCUT2D eigenvalue weighted by molar-refractivity contribution is 9.10. The molecule has 1 aromatic heterocycles. The highest BCUT2D eigenvalue weighted by atomic mass is 79.9. The molecule has 0 saturated carbocycles. The maximum Gasteiger partial charge on any atom is 0.387 e. The van der Waals surface area contributed by atoms with Gasteiger partial charge < -0.3 is 9.30 Å². The zero-order chi connectivity index (χ0) is 18.0. The van der Waals surface area contributed by atoms with Crippen LogP contribution in [0.25, 0.3) is 5.69 Å². The molecule has 12 heteroatoms. The van der Waals surface area contributed by atoms with Gasteiger partial charge in [0.05, 0.1) is 20.5 Å². The summed E-state index contributed by atoms with van der Waals surface area (Å²) in [5.41, 5.74) is -2.30. The van der Waals surface area contributed by atoms with Gasteiger partial charge in [0.25, 0.3) is 5.43 Å². The van der Waals surface area contributed by atoms with E-state index >= 15 is 0 Å². The van der Waals surface area contributed by atoms with Gasteiger partial charge in [-0.1, -0.05) is 0 Å². The molecule has 1 heterocycles. The van der Waals surface area contributed by atoms with E-state index in [1.807, 2.05) is 0 Å². The molecule has 0 saturated heterocycles. The summed E-state index contributed by atoms with van der Waals surface area (Å²) in [6.07, 6.45) is 2.02. The molecule has 0 radical (unpaired) electrons. The molecule has 2 rings (SSSR count). The Morgan fingerprint density at radius 2 is 1.75 bits per heavy atom. The number of hydrogen-bond donors (Lipinski definition) is 0. The number of benzene rings is 1. The zero-order valence-corrected chi connectivity index (χ0v) is 13.0. The summed E-state index contributed by atoms with van der Waals surface area (Å²) >= 11 is 2.86. The van der Waals surface area contributed by atoms with Crippen molar-refractivity contribution in [2.75, 3.05) is 0 Å². The lowest BCUT2D eigenvalue weighted by molar-refractivity contribution is -0.386. The normalized spacial score (nSPS) is 10.7. The highest BCUT2D eigenvalue weighted by Crippen LogP contribution is 2.31. The van der Waals surface area contributed by atoms with Gasteiger partial charge in [0.15, 0.2) is 0 Å². The lowest BCUT2D eigenvalue weighted by Crippen LogP contribution is -2.12. The summed E-state index contributed by atoms with van der Waals surface area (Å²) in [7, 11) is 0. The number of halogens is 3. The van der Waals surface area contributed by atoms with Crippen molar-refractivity contribution in [3.05, 3.63) is 65.5 Å². The molecule has 0 N–H and O–H groups in total. The Labute approximate surface area is 139 Å². The minimum absolute atomic E-state index is 0.0417. The molecular formula is C12H6BrF2N3O6. The molecule has 0 unspecified atom stereocenters. The average molecular weight is 406 g/mol. The summed E-state index contributed by atoms with van der Waals surface area (Å²) in [6, 6.07) is 2.98. The molecule has 9 nitrogen and oxygen atoms in total. The fourth-order valence-electron chi connectivity index (χ4n) is 1.81. The van der Waals surface area contributed by atoms with Gasteiger partial charge in [0.2, 0.25) is 5.75 Å². The van der Waals surface area contributed by atoms with Crippen molar-refractivity contribution in [2.45, 2.75) is 6.61 Å². The SMILES string of the molecule is O=c1c(Br)cn(-c2ccc([N+](=O)[O-])c(OC(F)F)c2)cc1[N+](=O)[O-]. The maximum absolute atomic E-state index is 12.4. The molecule has 0 bridgehead atoms. The summed E-state index contributed by atoms with van der Waals surface area (Å²) in [6.45, 7) is -3.30. The van der Waals surface area contributed by atoms with Crippen LogP contribution in [-0.2, 0) is 0 Å². The fourth-order valence-corrected chi connectivity index (χ4v) is 2.24. The Balaban J connectivity index is 2.63. The number of nitrogens with zero attached hydrogens (tertiary/aromatic N) is 3. The largest absolute Gasteiger partial charge is 0.427 e. The van der Waals surface area contributed by atoms with E-state index in [0.29, 0.717) is 0 Å². The van der Waals surface area contributed by atoms with E-state index in [2.05, 4.69) is 20.7 Å². The predicted octanol–water partition coefficient (Wildman–Crippen LogP) is 3.02. The van der Waals surface area contributed by atoms with Gasteiger partial charge in [-0.15, -0.1) is 0 Å². The van der Waals surface area contributed by atoms with Crippen LogP contribution in [-0.4, -0.2) is 21.0 Å². The summed E-state index contributed by atoms with van der Waals surface area (Å²) < 4.78 is 29.8. The van der Waals surface area contributed by atoms with Crippen LogP contribution in [0.1, 0.15) is 0 Å². The predicted molar refractivity (Wildman–Crippen MR) is 79.7 cm³/mol. The maximum atomic E-state index is 12.4. The van der Waals surface area contributed by atoms with Crippen molar-refractivity contribution >= 4 is 27.3 Å². The summed E-state index contributed by atoms with van der Waals surface area (Å²) in [4.78, 5) is 31.5. The van der Waals surface area contributed by atoms with E-state index in [4.69, 9.17) is 0 Å². The van der Waals surface area contributed by atoms with Crippen LogP contribution in [0.4, 0.5) is 20.2 Å². The monoisotopic (exact) mass is 405 g/mol. The van der Waals surface area contributed by atoms with Gasteiger partial charge in [-0.2, -0.15) is 8.78 Å². The van der Waals surface area contributed by atoms with Gasteiger partial charge in [-0.05, 0) is 22.0 Å². The van der Waals surface area contributed by atoms with Crippen molar-refractivity contribution in [1.29, 1.82) is 0 Å². The van der Waals surface area contributed by atoms with E-state index in [9.17, 15) is 33.8 Å². The third-order valence-corrected chi connectivity index (χ3v) is 3.38. The van der Waals surface area contributed by atoms with Crippen LogP contribution < -0.4 is 10.2 Å². The highest BCUT2D eigenvalue weighted by Gasteiger charge is 2.21. The number of rotatable bonds is 5. The third-order valence-electron chi connectivity index (χ3n) is 2.81. The number of hydrogen-bond acceptors (Lipinski definition) is 6. The molecule has 0 fully saturated rings. The fraction of sp³-hybridized carbons (Fsp3) is 0.0833. The first-order chi connectivity index (χ1) is 11.2. The number of alkyl halides is 2. The van der Waals surface area contributed by atoms with E-state index in [-0.39, 0.29) is 10.2 Å². The molecular weight excluding hydrogens is 400 g/mol. The van der Waals surface area contributed by atoms with Crippen LogP contribution in [0.15, 0.2) is 39.9 Å². The number of ether oxygens (including phenoxy) is 1. The van der Waals surface area contributed by atoms with Crippen molar-refractivity contribution in [2.24, 2.45) is 0 Å². The number of nitro benzene ring substituents is 1. The second kappa shape index (κ2) is 6.70. The zero-order valence-electron chi connectivity index (χ0n) is 11.4. The number of nitro groups is 2. The molecule has 0 aliphatic heterocycles. The molecule has 126 valence electrons. The molecule has 0 spiro atoms. The first-order valence-corrected chi connectivity index (χ1v) is 6.80. The standard InChI is InChI=1S/C12H6BrF2N3O6/c13-7-4-16(5-9(11(7)19)18(22)23)6-1-2-8(17(20)21)10(3-6)24-12(14)15/h1-5,12H. The van der Waals surface area contributed by atoms with Crippen LogP contribution in [0.3, 0.4) is 0 Å². The van der Waals surface area contributed by atoms with Crippen molar-refractivity contribution in [1.82, 2.24) is 4.57 Å². The van der Waals surface area contributed by atoms with Crippen molar-refractivity contribution in [3.63, 3.8) is 0 Å². The van der Waals surface area contributed by atoms with Crippen molar-refractivity contribution < 1.29 is 23.4 Å². The minimum atomic E-state index is -3.30. The first-order valence-electron chi connectivity index (χ1n) is 6.00. The average Bonchev–Trinajstić information content (AvgIpc) is 2.48. The van der Waals surface area contributed by atoms with Crippen LogP contribution in [0.5, 0.6) is 5.75 Å². The van der Waals surface area contributed by atoms with Gasteiger partial charge in [0, 0.05) is 24.0 Å². The van der Waals surface area contributed by atoms with Gasteiger partial charge >= 0.3 is 18.0 Å². The van der Waals surface area contributed by atoms with Crippen molar-refractivity contribution in [3.8, 4) is 11.4 Å². The second-order valence-corrected chi connectivity index (χ2v) is 5.13. The quantitative estimate of drug-likeness (QED) is 0.557. The molecule has 1 aromatic carbocycles. The van der Waals surface area contributed by atoms with E-state index in [1.165, 1.54) is 0 Å². The topological polar surface area (TPSA) is 118 Å². The minimum Gasteiger partial charge on any atom is -0.427 e. The Morgan fingerprint density at radius 3 is 2.29 bits per heavy atom. The molecule has 24 heavy (non-hydrogen) atoms. The van der Waals surface area contributed by atoms with Crippen LogP contribution in [0, 0.1) is 20.2 Å². The Hall–Kier alpha value is -2.89.